The van der Waals surface area contributed by atoms with Crippen LogP contribution in [0, 0.1) is 11.6 Å². The van der Waals surface area contributed by atoms with Gasteiger partial charge in [-0.2, -0.15) is 0 Å². The molecule has 2 N–H and O–H groups in total. The summed E-state index contributed by atoms with van der Waals surface area (Å²) in [6.07, 6.45) is 0. The minimum Gasteiger partial charge on any atom is -0.496 e. The predicted octanol–water partition coefficient (Wildman–Crippen LogP) is 3.67. The Hall–Kier alpha value is -1.65. The zero-order valence-electron chi connectivity index (χ0n) is 10.2. The normalized spacial score (nSPS) is 12.3. The third-order valence-corrected chi connectivity index (χ3v) is 3.08. The molecular weight excluding hydrogens is 272 g/mol. The maximum atomic E-state index is 13.9. The summed E-state index contributed by atoms with van der Waals surface area (Å²) < 4.78 is 32.8. The van der Waals surface area contributed by atoms with E-state index >= 15 is 0 Å². The second-order valence-corrected chi connectivity index (χ2v) is 4.44. The van der Waals surface area contributed by atoms with Crippen molar-refractivity contribution in [1.29, 1.82) is 0 Å². The molecule has 0 bridgehead atoms. The highest BCUT2D eigenvalue weighted by Gasteiger charge is 2.21. The molecule has 2 aromatic rings. The van der Waals surface area contributed by atoms with Crippen LogP contribution in [-0.2, 0) is 0 Å². The fourth-order valence-corrected chi connectivity index (χ4v) is 2.07. The van der Waals surface area contributed by atoms with Crippen molar-refractivity contribution in [2.75, 3.05) is 7.11 Å². The average Bonchev–Trinajstić information content (AvgIpc) is 2.37. The Kier molecular flexibility index (Phi) is 4.02. The molecule has 19 heavy (non-hydrogen) atoms. The minimum atomic E-state index is -0.964. The van der Waals surface area contributed by atoms with Gasteiger partial charge in [0.25, 0.3) is 0 Å². The first-order chi connectivity index (χ1) is 9.04. The van der Waals surface area contributed by atoms with E-state index in [0.29, 0.717) is 0 Å². The highest BCUT2D eigenvalue weighted by atomic mass is 35.5. The third kappa shape index (κ3) is 2.69. The van der Waals surface area contributed by atoms with Gasteiger partial charge in [-0.25, -0.2) is 8.78 Å². The molecule has 0 fully saturated rings. The number of nitrogens with two attached hydrogens (primary N) is 1. The largest absolute Gasteiger partial charge is 0.496 e. The summed E-state index contributed by atoms with van der Waals surface area (Å²) >= 11 is 5.68. The van der Waals surface area contributed by atoms with Crippen LogP contribution in [0.15, 0.2) is 36.4 Å². The molecule has 100 valence electrons. The first kappa shape index (κ1) is 13.8. The number of halogens is 3. The zero-order chi connectivity index (χ0) is 14.0. The fraction of sp³-hybridized carbons (Fsp3) is 0.143. The van der Waals surface area contributed by atoms with Crippen LogP contribution >= 0.6 is 11.6 Å². The molecule has 0 aliphatic rings. The monoisotopic (exact) mass is 283 g/mol. The maximum Gasteiger partial charge on any atom is 0.132 e. The van der Waals surface area contributed by atoms with Crippen LogP contribution in [0.4, 0.5) is 8.78 Å². The quantitative estimate of drug-likeness (QED) is 0.933. The van der Waals surface area contributed by atoms with Crippen molar-refractivity contribution in [3.8, 4) is 5.75 Å². The number of ether oxygens (including phenoxy) is 1. The van der Waals surface area contributed by atoms with Crippen LogP contribution in [0.3, 0.4) is 0 Å². The standard InChI is InChI=1S/C14H12ClF2NO/c1-19-12-4-2-3-10(16)13(12)14(18)9-6-5-8(15)7-11(9)17/h2-7,14H,18H2,1H3. The lowest BCUT2D eigenvalue weighted by Gasteiger charge is -2.17. The SMILES string of the molecule is COc1cccc(F)c1C(N)c1ccc(Cl)cc1F. The van der Waals surface area contributed by atoms with Crippen molar-refractivity contribution in [1.82, 2.24) is 0 Å². The van der Waals surface area contributed by atoms with E-state index in [-0.39, 0.29) is 21.9 Å². The van der Waals surface area contributed by atoms with Crippen molar-refractivity contribution in [3.05, 3.63) is 64.2 Å². The van der Waals surface area contributed by atoms with Crippen LogP contribution < -0.4 is 10.5 Å². The van der Waals surface area contributed by atoms with Crippen LogP contribution in [0.25, 0.3) is 0 Å². The van der Waals surface area contributed by atoms with E-state index in [9.17, 15) is 8.78 Å². The molecule has 2 nitrogen and oxygen atoms in total. The first-order valence-corrected chi connectivity index (χ1v) is 5.95. The Morgan fingerprint density at radius 1 is 1.16 bits per heavy atom. The molecule has 0 aliphatic carbocycles. The van der Waals surface area contributed by atoms with Crippen molar-refractivity contribution in [2.24, 2.45) is 5.73 Å². The Bertz CT molecular complexity index is 604. The van der Waals surface area contributed by atoms with Gasteiger partial charge in [0.15, 0.2) is 0 Å². The van der Waals surface area contributed by atoms with E-state index in [1.54, 1.807) is 6.07 Å². The molecule has 0 amide bonds. The summed E-state index contributed by atoms with van der Waals surface area (Å²) in [4.78, 5) is 0. The van der Waals surface area contributed by atoms with Crippen molar-refractivity contribution in [2.45, 2.75) is 6.04 Å². The van der Waals surface area contributed by atoms with Crippen molar-refractivity contribution in [3.63, 3.8) is 0 Å². The smallest absolute Gasteiger partial charge is 0.132 e. The first-order valence-electron chi connectivity index (χ1n) is 5.57. The van der Waals surface area contributed by atoms with Crippen LogP contribution in [0.1, 0.15) is 17.2 Å². The zero-order valence-corrected chi connectivity index (χ0v) is 10.9. The molecule has 0 aliphatic heterocycles. The van der Waals surface area contributed by atoms with Gasteiger partial charge in [0, 0.05) is 10.6 Å². The van der Waals surface area contributed by atoms with Crippen LogP contribution in [0.2, 0.25) is 5.02 Å². The fourth-order valence-electron chi connectivity index (χ4n) is 1.91. The molecule has 2 rings (SSSR count). The highest BCUT2D eigenvalue weighted by molar-refractivity contribution is 6.30. The van der Waals surface area contributed by atoms with E-state index in [0.717, 1.165) is 6.07 Å². The lowest BCUT2D eigenvalue weighted by atomic mass is 9.97. The van der Waals surface area contributed by atoms with Gasteiger partial charge in [0.2, 0.25) is 0 Å². The Morgan fingerprint density at radius 3 is 2.53 bits per heavy atom. The van der Waals surface area contributed by atoms with E-state index in [1.165, 1.54) is 31.4 Å². The Morgan fingerprint density at radius 2 is 1.89 bits per heavy atom. The summed E-state index contributed by atoms with van der Waals surface area (Å²) in [5.41, 5.74) is 6.22. The van der Waals surface area contributed by atoms with E-state index in [4.69, 9.17) is 22.1 Å². The molecule has 0 aromatic heterocycles. The summed E-state index contributed by atoms with van der Waals surface area (Å²) in [7, 11) is 1.41. The molecular formula is C14H12ClF2NO. The molecule has 0 heterocycles. The third-order valence-electron chi connectivity index (χ3n) is 2.84. The molecule has 1 atom stereocenters. The number of methoxy groups -OCH3 is 1. The lowest BCUT2D eigenvalue weighted by molar-refractivity contribution is 0.401. The average molecular weight is 284 g/mol. The minimum absolute atomic E-state index is 0.117. The molecule has 1 unspecified atom stereocenters. The van der Waals surface area contributed by atoms with Gasteiger partial charge < -0.3 is 10.5 Å². The molecule has 0 saturated heterocycles. The number of hydrogen-bond acceptors (Lipinski definition) is 2. The summed E-state index contributed by atoms with van der Waals surface area (Å²) in [5, 5.41) is 0.258. The summed E-state index contributed by atoms with van der Waals surface area (Å²) in [5.74, 6) is -0.839. The Labute approximate surface area is 114 Å². The maximum absolute atomic E-state index is 13.9. The van der Waals surface area contributed by atoms with Gasteiger partial charge in [0.05, 0.1) is 18.7 Å². The van der Waals surface area contributed by atoms with Gasteiger partial charge in [-0.1, -0.05) is 23.7 Å². The molecule has 2 aromatic carbocycles. The van der Waals surface area contributed by atoms with Gasteiger partial charge in [0.1, 0.15) is 17.4 Å². The number of hydrogen-bond donors (Lipinski definition) is 1. The molecule has 0 radical (unpaired) electrons. The van der Waals surface area contributed by atoms with Crippen molar-refractivity contribution >= 4 is 11.6 Å². The van der Waals surface area contributed by atoms with Gasteiger partial charge in [-0.3, -0.25) is 0 Å². The van der Waals surface area contributed by atoms with E-state index in [2.05, 4.69) is 0 Å². The summed E-state index contributed by atoms with van der Waals surface area (Å²) in [6.45, 7) is 0. The molecule has 0 spiro atoms. The topological polar surface area (TPSA) is 35.2 Å². The Balaban J connectivity index is 2.52. The second kappa shape index (κ2) is 5.55. The van der Waals surface area contributed by atoms with Gasteiger partial charge in [-0.15, -0.1) is 0 Å². The predicted molar refractivity (Wildman–Crippen MR) is 70.4 cm³/mol. The summed E-state index contributed by atoms with van der Waals surface area (Å²) in [6, 6.07) is 7.46. The molecule has 0 saturated carbocycles. The van der Waals surface area contributed by atoms with Crippen LogP contribution in [0.5, 0.6) is 5.75 Å². The van der Waals surface area contributed by atoms with Crippen molar-refractivity contribution < 1.29 is 13.5 Å². The van der Waals surface area contributed by atoms with Gasteiger partial charge >= 0.3 is 0 Å². The van der Waals surface area contributed by atoms with Gasteiger partial charge in [-0.05, 0) is 24.3 Å². The lowest BCUT2D eigenvalue weighted by Crippen LogP contribution is -2.16. The second-order valence-electron chi connectivity index (χ2n) is 4.00. The number of benzene rings is 2. The highest BCUT2D eigenvalue weighted by Crippen LogP contribution is 2.32. The van der Waals surface area contributed by atoms with E-state index < -0.39 is 17.7 Å². The van der Waals surface area contributed by atoms with Crippen LogP contribution in [-0.4, -0.2) is 7.11 Å². The number of rotatable bonds is 3. The molecule has 5 heteroatoms. The van der Waals surface area contributed by atoms with E-state index in [1.807, 2.05) is 0 Å².